The summed E-state index contributed by atoms with van der Waals surface area (Å²) in [6.45, 7) is 0. The maximum Gasteiger partial charge on any atom is 0.240 e. The Morgan fingerprint density at radius 3 is 2.76 bits per heavy atom. The first kappa shape index (κ1) is 15.2. The number of nitrogens with two attached hydrogens (primary N) is 1. The Morgan fingerprint density at radius 2 is 2.00 bits per heavy atom. The molecule has 0 bridgehead atoms. The first-order chi connectivity index (χ1) is 12.0. The lowest BCUT2D eigenvalue weighted by atomic mass is 10.2. The van der Waals surface area contributed by atoms with Crippen LogP contribution in [0.25, 0.3) is 22.4 Å². The van der Waals surface area contributed by atoms with Crippen molar-refractivity contribution in [3.63, 3.8) is 0 Å². The van der Waals surface area contributed by atoms with Crippen LogP contribution >= 0.6 is 0 Å². The first-order valence-corrected chi connectivity index (χ1v) is 8.65. The summed E-state index contributed by atoms with van der Waals surface area (Å²) in [6.07, 6.45) is 6.22. The molecule has 0 amide bonds. The second kappa shape index (κ2) is 5.65. The minimum atomic E-state index is -3.87. The third kappa shape index (κ3) is 2.70. The number of aromatic amines is 1. The van der Waals surface area contributed by atoms with Crippen molar-refractivity contribution < 1.29 is 8.42 Å². The fourth-order valence-electron chi connectivity index (χ4n) is 2.45. The van der Waals surface area contributed by atoms with E-state index in [2.05, 4.69) is 30.6 Å². The van der Waals surface area contributed by atoms with Crippen LogP contribution < -0.4 is 10.6 Å². The molecule has 1 aromatic carbocycles. The maximum absolute atomic E-state index is 11.7. The Kier molecular flexibility index (Phi) is 3.44. The van der Waals surface area contributed by atoms with Gasteiger partial charge in [0.15, 0.2) is 5.65 Å². The molecule has 0 fully saturated rings. The predicted octanol–water partition coefficient (Wildman–Crippen LogP) is 0.739. The van der Waals surface area contributed by atoms with Crippen LogP contribution in [0.1, 0.15) is 0 Å². The zero-order chi connectivity index (χ0) is 17.4. The lowest BCUT2D eigenvalue weighted by molar-refractivity contribution is 0.598. The smallest absolute Gasteiger partial charge is 0.240 e. The number of aromatic nitrogens is 6. The largest absolute Gasteiger partial charge is 0.290 e. The van der Waals surface area contributed by atoms with Crippen LogP contribution in [0.2, 0.25) is 0 Å². The quantitative estimate of drug-likeness (QED) is 0.489. The number of hydrogen-bond donors (Lipinski definition) is 3. The predicted molar refractivity (Wildman–Crippen MR) is 89.7 cm³/mol. The fraction of sp³-hybridized carbons (Fsp3) is 0. The third-order valence-electron chi connectivity index (χ3n) is 3.54. The van der Waals surface area contributed by atoms with E-state index in [-0.39, 0.29) is 4.90 Å². The number of H-pyrrole nitrogens is 1. The molecule has 3 heterocycles. The fourth-order valence-corrected chi connectivity index (χ4v) is 3.13. The number of rotatable bonds is 4. The van der Waals surface area contributed by atoms with Crippen molar-refractivity contribution in [2.75, 3.05) is 5.43 Å². The number of fused-ring (bicyclic) bond motifs is 1. The van der Waals surface area contributed by atoms with Gasteiger partial charge in [0.1, 0.15) is 28.8 Å². The van der Waals surface area contributed by atoms with Crippen LogP contribution in [0.15, 0.2) is 54.2 Å². The highest BCUT2D eigenvalue weighted by Crippen LogP contribution is 2.24. The summed E-state index contributed by atoms with van der Waals surface area (Å²) < 4.78 is 25.0. The van der Waals surface area contributed by atoms with E-state index in [1.54, 1.807) is 30.6 Å². The van der Waals surface area contributed by atoms with Gasteiger partial charge >= 0.3 is 0 Å². The highest BCUT2D eigenvalue weighted by molar-refractivity contribution is 7.89. The molecule has 3 aromatic heterocycles. The molecule has 0 aliphatic rings. The molecule has 0 unspecified atom stereocenters. The van der Waals surface area contributed by atoms with Crippen molar-refractivity contribution >= 4 is 26.9 Å². The molecule has 0 radical (unpaired) electrons. The monoisotopic (exact) mass is 356 g/mol. The minimum absolute atomic E-state index is 0.0269. The molecule has 0 spiro atoms. The molecular formula is C14H12N8O2S. The van der Waals surface area contributed by atoms with Gasteiger partial charge in [0.25, 0.3) is 0 Å². The second-order valence-corrected chi connectivity index (χ2v) is 6.68. The summed E-state index contributed by atoms with van der Waals surface area (Å²) in [5.41, 5.74) is 5.67. The van der Waals surface area contributed by atoms with E-state index < -0.39 is 10.0 Å². The number of nitrogens with one attached hydrogen (secondary N) is 2. The third-order valence-corrected chi connectivity index (χ3v) is 4.51. The van der Waals surface area contributed by atoms with Gasteiger partial charge in [0.2, 0.25) is 10.0 Å². The Labute approximate surface area is 141 Å². The average molecular weight is 356 g/mol. The molecule has 11 heteroatoms. The maximum atomic E-state index is 11.7. The number of primary sulfonamides is 1. The van der Waals surface area contributed by atoms with Gasteiger partial charge in [0.05, 0.1) is 11.9 Å². The number of para-hydroxylation sites is 1. The minimum Gasteiger partial charge on any atom is -0.290 e. The standard InChI is InChI=1S/C14H12N8O2S/c15-25(23,24)11-4-2-1-3-10(11)21-22-8-18-13-12(9-5-19-20-6-9)16-7-17-14(13)22/h1-8,21H,(H,19,20)(H2,15,23,24). The average Bonchev–Trinajstić information content (AvgIpc) is 3.24. The summed E-state index contributed by atoms with van der Waals surface area (Å²) in [4.78, 5) is 12.7. The van der Waals surface area contributed by atoms with E-state index in [0.717, 1.165) is 5.56 Å². The highest BCUT2D eigenvalue weighted by Gasteiger charge is 2.16. The van der Waals surface area contributed by atoms with Crippen LogP contribution in [-0.2, 0) is 10.0 Å². The van der Waals surface area contributed by atoms with Crippen molar-refractivity contribution in [1.82, 2.24) is 29.8 Å². The van der Waals surface area contributed by atoms with Crippen LogP contribution in [-0.4, -0.2) is 38.2 Å². The zero-order valence-corrected chi connectivity index (χ0v) is 13.5. The Morgan fingerprint density at radius 1 is 1.16 bits per heavy atom. The van der Waals surface area contributed by atoms with Gasteiger partial charge in [-0.15, -0.1) is 0 Å². The molecule has 0 saturated heterocycles. The zero-order valence-electron chi connectivity index (χ0n) is 12.7. The van der Waals surface area contributed by atoms with Gasteiger partial charge in [-0.2, -0.15) is 5.10 Å². The molecule has 10 nitrogen and oxygen atoms in total. The van der Waals surface area contributed by atoms with Crippen LogP contribution in [0.5, 0.6) is 0 Å². The molecule has 0 saturated carbocycles. The van der Waals surface area contributed by atoms with Crippen molar-refractivity contribution in [3.8, 4) is 11.3 Å². The Hall–Kier alpha value is -3.31. The van der Waals surface area contributed by atoms with E-state index >= 15 is 0 Å². The van der Waals surface area contributed by atoms with Crippen LogP contribution in [0, 0.1) is 0 Å². The van der Waals surface area contributed by atoms with E-state index in [9.17, 15) is 8.42 Å². The van der Waals surface area contributed by atoms with Gasteiger partial charge in [0, 0.05) is 11.8 Å². The molecule has 0 aliphatic carbocycles. The second-order valence-electron chi connectivity index (χ2n) is 5.15. The highest BCUT2D eigenvalue weighted by atomic mass is 32.2. The summed E-state index contributed by atoms with van der Waals surface area (Å²) in [6, 6.07) is 6.31. The number of benzene rings is 1. The van der Waals surface area contributed by atoms with Gasteiger partial charge < -0.3 is 0 Å². The lowest BCUT2D eigenvalue weighted by Crippen LogP contribution is -2.17. The molecule has 0 atom stereocenters. The Balaban J connectivity index is 1.82. The van der Waals surface area contributed by atoms with Gasteiger partial charge in [-0.3, -0.25) is 10.5 Å². The lowest BCUT2D eigenvalue weighted by Gasteiger charge is -2.11. The molecule has 25 heavy (non-hydrogen) atoms. The summed E-state index contributed by atoms with van der Waals surface area (Å²) in [5.74, 6) is 0. The topological polar surface area (TPSA) is 144 Å². The van der Waals surface area contributed by atoms with Crippen LogP contribution in [0.3, 0.4) is 0 Å². The molecule has 4 aromatic rings. The molecular weight excluding hydrogens is 344 g/mol. The molecule has 0 aliphatic heterocycles. The van der Waals surface area contributed by atoms with Crippen LogP contribution in [0.4, 0.5) is 5.69 Å². The molecule has 4 N–H and O–H groups in total. The van der Waals surface area contributed by atoms with E-state index in [1.165, 1.54) is 23.4 Å². The van der Waals surface area contributed by atoms with Gasteiger partial charge in [-0.1, -0.05) is 12.1 Å². The van der Waals surface area contributed by atoms with Crippen molar-refractivity contribution in [3.05, 3.63) is 49.3 Å². The SMILES string of the molecule is NS(=O)(=O)c1ccccc1Nn1cnc2c(-c3cn[nH]c3)ncnc21. The number of hydrogen-bond acceptors (Lipinski definition) is 7. The number of sulfonamides is 1. The van der Waals surface area contributed by atoms with Gasteiger partial charge in [-0.05, 0) is 12.1 Å². The van der Waals surface area contributed by atoms with Gasteiger partial charge in [-0.25, -0.2) is 33.2 Å². The van der Waals surface area contributed by atoms with E-state index in [0.29, 0.717) is 22.5 Å². The Bertz CT molecular complexity index is 1150. The summed E-state index contributed by atoms with van der Waals surface area (Å²) in [5, 5.41) is 11.9. The summed E-state index contributed by atoms with van der Waals surface area (Å²) in [7, 11) is -3.87. The number of anilines is 1. The van der Waals surface area contributed by atoms with E-state index in [4.69, 9.17) is 5.14 Å². The number of nitrogens with zero attached hydrogens (tertiary/aromatic N) is 5. The summed E-state index contributed by atoms with van der Waals surface area (Å²) >= 11 is 0. The first-order valence-electron chi connectivity index (χ1n) is 7.10. The normalized spacial score (nSPS) is 11.7. The number of imidazole rings is 1. The molecule has 126 valence electrons. The van der Waals surface area contributed by atoms with E-state index in [1.807, 2.05) is 0 Å². The van der Waals surface area contributed by atoms with Crippen molar-refractivity contribution in [2.24, 2.45) is 5.14 Å². The van der Waals surface area contributed by atoms with Crippen molar-refractivity contribution in [2.45, 2.75) is 4.90 Å². The van der Waals surface area contributed by atoms with Crippen molar-refractivity contribution in [1.29, 1.82) is 0 Å². The molecule has 4 rings (SSSR count).